The maximum absolute atomic E-state index is 12.9. The highest BCUT2D eigenvalue weighted by Gasteiger charge is 2.49. The first-order valence-electron chi connectivity index (χ1n) is 10.3. The van der Waals surface area contributed by atoms with Crippen LogP contribution >= 0.6 is 0 Å². The number of hydrogen-bond acceptors (Lipinski definition) is 7. The lowest BCUT2D eigenvalue weighted by Crippen LogP contribution is -2.61. The molecule has 2 atom stereocenters. The van der Waals surface area contributed by atoms with Crippen LogP contribution < -0.4 is 10.6 Å². The summed E-state index contributed by atoms with van der Waals surface area (Å²) in [5.41, 5.74) is 1.51. The number of likely N-dealkylation sites (tertiary alicyclic amines) is 1. The number of benzene rings is 1. The summed E-state index contributed by atoms with van der Waals surface area (Å²) >= 11 is 0. The van der Waals surface area contributed by atoms with E-state index in [1.54, 1.807) is 12.1 Å². The molecule has 0 radical (unpaired) electrons. The summed E-state index contributed by atoms with van der Waals surface area (Å²) in [5, 5.41) is 5.47. The smallest absolute Gasteiger partial charge is 0.262 e. The van der Waals surface area contributed by atoms with Crippen molar-refractivity contribution in [3.8, 4) is 0 Å². The van der Waals surface area contributed by atoms with Crippen molar-refractivity contribution in [3.05, 3.63) is 34.9 Å². The topological polar surface area (TPSA) is 108 Å². The van der Waals surface area contributed by atoms with Gasteiger partial charge in [0, 0.05) is 32.1 Å². The fourth-order valence-electron chi connectivity index (χ4n) is 5.01. The van der Waals surface area contributed by atoms with Gasteiger partial charge in [-0.15, -0.1) is 0 Å². The van der Waals surface area contributed by atoms with Crippen molar-refractivity contribution in [1.82, 2.24) is 20.4 Å². The van der Waals surface area contributed by atoms with E-state index in [2.05, 4.69) is 15.5 Å². The number of carbonyl (C=O) groups excluding carboxylic acids is 4. The van der Waals surface area contributed by atoms with Gasteiger partial charge in [-0.2, -0.15) is 0 Å². The molecule has 1 aromatic rings. The van der Waals surface area contributed by atoms with E-state index < -0.39 is 23.8 Å². The van der Waals surface area contributed by atoms with Gasteiger partial charge in [0.1, 0.15) is 6.04 Å². The van der Waals surface area contributed by atoms with Crippen LogP contribution in [0.4, 0.5) is 0 Å². The van der Waals surface area contributed by atoms with Gasteiger partial charge in [-0.3, -0.25) is 34.3 Å². The number of imide groups is 2. The lowest BCUT2D eigenvalue weighted by molar-refractivity contribution is -0.136. The summed E-state index contributed by atoms with van der Waals surface area (Å²) < 4.78 is 5.98. The Morgan fingerprint density at radius 1 is 1.17 bits per heavy atom. The lowest BCUT2D eigenvalue weighted by Gasteiger charge is -2.47. The van der Waals surface area contributed by atoms with Crippen molar-refractivity contribution < 1.29 is 23.9 Å². The van der Waals surface area contributed by atoms with Gasteiger partial charge in [-0.25, -0.2) is 0 Å². The Bertz CT molecular complexity index is 955. The predicted octanol–water partition coefficient (Wildman–Crippen LogP) is -0.349. The lowest BCUT2D eigenvalue weighted by atomic mass is 9.89. The van der Waals surface area contributed by atoms with Crippen molar-refractivity contribution in [2.24, 2.45) is 0 Å². The summed E-state index contributed by atoms with van der Waals surface area (Å²) in [6.45, 7) is 3.09. The Morgan fingerprint density at radius 2 is 1.93 bits per heavy atom. The predicted molar refractivity (Wildman–Crippen MR) is 105 cm³/mol. The van der Waals surface area contributed by atoms with E-state index in [4.69, 9.17) is 4.74 Å². The number of fused-ring (bicyclic) bond motifs is 1. The minimum absolute atomic E-state index is 0.0707. The Balaban J connectivity index is 1.28. The quantitative estimate of drug-likeness (QED) is 0.651. The highest BCUT2D eigenvalue weighted by Crippen LogP contribution is 2.36. The van der Waals surface area contributed by atoms with Gasteiger partial charge >= 0.3 is 0 Å². The number of piperidine rings is 1. The van der Waals surface area contributed by atoms with Crippen LogP contribution in [-0.2, 0) is 20.9 Å². The first kappa shape index (κ1) is 19.3. The average molecular weight is 412 g/mol. The SMILES string of the molecule is CNC1COC2(C1)CN(Cc1ccc3c(c1)C(=O)N(C1CCC(=O)NC1=O)C3=O)C2. The highest BCUT2D eigenvalue weighted by atomic mass is 16.5. The van der Waals surface area contributed by atoms with Crippen LogP contribution in [0.2, 0.25) is 0 Å². The second-order valence-electron chi connectivity index (χ2n) is 8.66. The van der Waals surface area contributed by atoms with Gasteiger partial charge in [-0.05, 0) is 37.6 Å². The zero-order valence-electron chi connectivity index (χ0n) is 16.8. The van der Waals surface area contributed by atoms with Crippen molar-refractivity contribution in [1.29, 1.82) is 0 Å². The fourth-order valence-corrected chi connectivity index (χ4v) is 5.01. The molecule has 9 heteroatoms. The molecule has 3 saturated heterocycles. The van der Waals surface area contributed by atoms with Crippen LogP contribution in [0.5, 0.6) is 0 Å². The number of hydrogen-bond donors (Lipinski definition) is 2. The van der Waals surface area contributed by atoms with Gasteiger partial charge in [0.05, 0.1) is 23.3 Å². The van der Waals surface area contributed by atoms with E-state index in [9.17, 15) is 19.2 Å². The van der Waals surface area contributed by atoms with E-state index >= 15 is 0 Å². The Hall–Kier alpha value is -2.62. The zero-order chi connectivity index (χ0) is 21.0. The third-order valence-corrected chi connectivity index (χ3v) is 6.55. The number of amides is 4. The largest absolute Gasteiger partial charge is 0.371 e. The number of carbonyl (C=O) groups is 4. The molecule has 2 N–H and O–H groups in total. The standard InChI is InChI=1S/C21H24N4O5/c1-22-13-7-21(30-9-13)10-24(11-21)8-12-2-3-14-15(6-12)20(29)25(19(14)28)16-4-5-17(26)23-18(16)27/h2-3,6,13,16,22H,4-5,7-11H2,1H3,(H,23,26,27). The molecule has 0 aromatic heterocycles. The molecule has 0 saturated carbocycles. The van der Waals surface area contributed by atoms with Crippen molar-refractivity contribution in [3.63, 3.8) is 0 Å². The fraction of sp³-hybridized carbons (Fsp3) is 0.524. The maximum Gasteiger partial charge on any atom is 0.262 e. The number of nitrogens with one attached hydrogen (secondary N) is 2. The number of likely N-dealkylation sites (N-methyl/N-ethyl adjacent to an activating group) is 1. The minimum atomic E-state index is -0.937. The molecule has 0 bridgehead atoms. The van der Waals surface area contributed by atoms with E-state index in [1.165, 1.54) is 0 Å². The summed E-state index contributed by atoms with van der Waals surface area (Å²) in [6, 6.07) is 4.73. The van der Waals surface area contributed by atoms with E-state index in [0.717, 1.165) is 36.6 Å². The first-order chi connectivity index (χ1) is 14.4. The minimum Gasteiger partial charge on any atom is -0.371 e. The third kappa shape index (κ3) is 3.05. The second kappa shape index (κ2) is 6.97. The number of nitrogens with zero attached hydrogens (tertiary/aromatic N) is 2. The molecule has 2 unspecified atom stereocenters. The summed E-state index contributed by atoms with van der Waals surface area (Å²) in [6.07, 6.45) is 1.27. The van der Waals surface area contributed by atoms with Gasteiger partial charge in [-0.1, -0.05) is 6.07 Å². The molecule has 4 heterocycles. The van der Waals surface area contributed by atoms with Gasteiger partial charge in [0.15, 0.2) is 0 Å². The second-order valence-corrected chi connectivity index (χ2v) is 8.66. The van der Waals surface area contributed by atoms with Crippen LogP contribution in [0, 0.1) is 0 Å². The van der Waals surface area contributed by atoms with Crippen LogP contribution in [-0.4, -0.2) is 77.9 Å². The molecule has 4 amide bonds. The molecule has 158 valence electrons. The zero-order valence-corrected chi connectivity index (χ0v) is 16.8. The molecular formula is C21H24N4O5. The Labute approximate surface area is 173 Å². The number of ether oxygens (including phenoxy) is 1. The number of rotatable bonds is 4. The van der Waals surface area contributed by atoms with E-state index in [-0.39, 0.29) is 24.3 Å². The van der Waals surface area contributed by atoms with Crippen LogP contribution in [0.1, 0.15) is 45.5 Å². The molecule has 1 aromatic carbocycles. The third-order valence-electron chi connectivity index (χ3n) is 6.55. The van der Waals surface area contributed by atoms with Crippen molar-refractivity contribution >= 4 is 23.6 Å². The molecule has 30 heavy (non-hydrogen) atoms. The van der Waals surface area contributed by atoms with E-state index in [0.29, 0.717) is 23.7 Å². The Morgan fingerprint density at radius 3 is 2.63 bits per heavy atom. The molecule has 4 aliphatic heterocycles. The molecule has 1 spiro atoms. The highest BCUT2D eigenvalue weighted by molar-refractivity contribution is 6.23. The molecule has 0 aliphatic carbocycles. The molecule has 3 fully saturated rings. The summed E-state index contributed by atoms with van der Waals surface area (Å²) in [4.78, 5) is 52.5. The van der Waals surface area contributed by atoms with Crippen LogP contribution in [0.25, 0.3) is 0 Å². The molecular weight excluding hydrogens is 388 g/mol. The molecule has 5 rings (SSSR count). The first-order valence-corrected chi connectivity index (χ1v) is 10.3. The Kier molecular flexibility index (Phi) is 4.49. The van der Waals surface area contributed by atoms with Crippen molar-refractivity contribution in [2.45, 2.75) is 43.5 Å². The average Bonchev–Trinajstić information content (AvgIpc) is 3.23. The molecule has 4 aliphatic rings. The summed E-state index contributed by atoms with van der Waals surface area (Å²) in [5.74, 6) is -1.92. The van der Waals surface area contributed by atoms with Crippen LogP contribution in [0.3, 0.4) is 0 Å². The maximum atomic E-state index is 12.9. The molecule has 9 nitrogen and oxygen atoms in total. The van der Waals surface area contributed by atoms with Gasteiger partial charge < -0.3 is 10.1 Å². The van der Waals surface area contributed by atoms with Gasteiger partial charge in [0.25, 0.3) is 11.8 Å². The van der Waals surface area contributed by atoms with Gasteiger partial charge in [0.2, 0.25) is 11.8 Å². The summed E-state index contributed by atoms with van der Waals surface area (Å²) in [7, 11) is 1.95. The normalized spacial score (nSPS) is 28.1. The van der Waals surface area contributed by atoms with Crippen molar-refractivity contribution in [2.75, 3.05) is 26.7 Å². The monoisotopic (exact) mass is 412 g/mol. The van der Waals surface area contributed by atoms with Crippen LogP contribution in [0.15, 0.2) is 18.2 Å². The van der Waals surface area contributed by atoms with E-state index in [1.807, 2.05) is 13.1 Å².